The number of hydrogen-bond donors (Lipinski definition) is 1. The number of pyridine rings is 1. The Balaban J connectivity index is 1.31. The monoisotopic (exact) mass is 514 g/mol. The summed E-state index contributed by atoms with van der Waals surface area (Å²) in [5, 5.41) is 12.8. The summed E-state index contributed by atoms with van der Waals surface area (Å²) in [6, 6.07) is 11.5. The second kappa shape index (κ2) is 10.5. The molecule has 1 amide bonds. The van der Waals surface area contributed by atoms with Crippen molar-refractivity contribution in [2.45, 2.75) is 25.2 Å². The number of ketones is 1. The van der Waals surface area contributed by atoms with E-state index >= 15 is 0 Å². The van der Waals surface area contributed by atoms with Gasteiger partial charge >= 0.3 is 0 Å². The van der Waals surface area contributed by atoms with E-state index in [1.807, 2.05) is 29.2 Å². The normalized spacial score (nSPS) is 21.2. The third kappa shape index (κ3) is 4.75. The minimum Gasteiger partial charge on any atom is -0.460 e. The largest absolute Gasteiger partial charge is 0.460 e. The van der Waals surface area contributed by atoms with Crippen molar-refractivity contribution in [2.75, 3.05) is 45.9 Å². The summed E-state index contributed by atoms with van der Waals surface area (Å²) >= 11 is 0. The fourth-order valence-electron chi connectivity index (χ4n) is 5.66. The number of nitrogens with zero attached hydrogens (tertiary/aromatic N) is 4. The van der Waals surface area contributed by atoms with Crippen LogP contribution in [0.15, 0.2) is 58.4 Å². The highest BCUT2D eigenvalue weighted by molar-refractivity contribution is 6.26. The van der Waals surface area contributed by atoms with Gasteiger partial charge in [-0.15, -0.1) is 0 Å². The van der Waals surface area contributed by atoms with E-state index in [4.69, 9.17) is 9.15 Å². The van der Waals surface area contributed by atoms with Crippen LogP contribution < -0.4 is 0 Å². The number of oxime groups is 1. The van der Waals surface area contributed by atoms with Crippen LogP contribution in [0.1, 0.15) is 46.9 Å². The molecular weight excluding hydrogens is 484 g/mol. The average molecular weight is 515 g/mol. The lowest BCUT2D eigenvalue weighted by Crippen LogP contribution is -2.47. The number of likely N-dealkylation sites (tertiary alicyclic amines) is 1. The van der Waals surface area contributed by atoms with Gasteiger partial charge in [0, 0.05) is 66.7 Å². The molecule has 1 aromatic carbocycles. The lowest BCUT2D eigenvalue weighted by molar-refractivity contribution is -0.134. The van der Waals surface area contributed by atoms with Gasteiger partial charge < -0.3 is 19.3 Å². The molecule has 3 aromatic rings. The molecule has 1 unspecified atom stereocenters. The van der Waals surface area contributed by atoms with Gasteiger partial charge in [-0.1, -0.05) is 17.3 Å². The van der Waals surface area contributed by atoms with Crippen molar-refractivity contribution in [1.29, 1.82) is 0 Å². The Hall–Kier alpha value is -3.82. The smallest absolute Gasteiger partial charge is 0.236 e. The van der Waals surface area contributed by atoms with Gasteiger partial charge in [-0.3, -0.25) is 19.5 Å². The fourth-order valence-corrected chi connectivity index (χ4v) is 5.66. The number of fused-ring (bicyclic) bond motifs is 1. The van der Waals surface area contributed by atoms with Crippen LogP contribution in [-0.4, -0.2) is 83.3 Å². The first-order valence-corrected chi connectivity index (χ1v) is 13.1. The Morgan fingerprint density at radius 1 is 1.03 bits per heavy atom. The lowest BCUT2D eigenvalue weighted by atomic mass is 9.93. The summed E-state index contributed by atoms with van der Waals surface area (Å²) in [7, 11) is 0. The molecule has 196 valence electrons. The second-order valence-electron chi connectivity index (χ2n) is 10.1. The molecule has 9 nitrogen and oxygen atoms in total. The highest BCUT2D eigenvalue weighted by Gasteiger charge is 2.31. The molecule has 2 saturated heterocycles. The molecule has 1 N–H and O–H groups in total. The minimum absolute atomic E-state index is 0.0503. The molecule has 0 radical (unpaired) electrons. The van der Waals surface area contributed by atoms with Crippen molar-refractivity contribution in [1.82, 2.24) is 14.8 Å². The molecule has 1 atom stereocenters. The number of rotatable bonds is 5. The van der Waals surface area contributed by atoms with Crippen molar-refractivity contribution in [2.24, 2.45) is 5.16 Å². The van der Waals surface area contributed by atoms with Gasteiger partial charge in [0.25, 0.3) is 0 Å². The van der Waals surface area contributed by atoms with Crippen LogP contribution in [0.25, 0.3) is 22.5 Å². The molecule has 4 heterocycles. The van der Waals surface area contributed by atoms with E-state index in [9.17, 15) is 14.8 Å². The summed E-state index contributed by atoms with van der Waals surface area (Å²) in [6.45, 7) is 4.71. The van der Waals surface area contributed by atoms with E-state index in [1.165, 1.54) is 0 Å². The highest BCUT2D eigenvalue weighted by Crippen LogP contribution is 2.40. The van der Waals surface area contributed by atoms with Crippen LogP contribution in [0.4, 0.5) is 0 Å². The molecule has 0 spiro atoms. The minimum atomic E-state index is -0.0503. The Kier molecular flexibility index (Phi) is 6.78. The van der Waals surface area contributed by atoms with E-state index in [0.29, 0.717) is 48.9 Å². The quantitative estimate of drug-likeness (QED) is 0.407. The number of ether oxygens (including phenoxy) is 1. The van der Waals surface area contributed by atoms with Gasteiger partial charge in [0.05, 0.1) is 31.9 Å². The van der Waals surface area contributed by atoms with Crippen LogP contribution in [-0.2, 0) is 9.53 Å². The average Bonchev–Trinajstić information content (AvgIpc) is 3.55. The third-order valence-electron chi connectivity index (χ3n) is 7.72. The van der Waals surface area contributed by atoms with Crippen molar-refractivity contribution in [3.8, 4) is 22.5 Å². The van der Waals surface area contributed by atoms with Gasteiger partial charge in [0.1, 0.15) is 11.5 Å². The predicted octanol–water partition coefficient (Wildman–Crippen LogP) is 3.81. The molecule has 1 aliphatic carbocycles. The first-order valence-electron chi connectivity index (χ1n) is 13.1. The number of benzene rings is 1. The number of amides is 1. The van der Waals surface area contributed by atoms with E-state index in [0.717, 1.165) is 54.9 Å². The molecule has 6 rings (SSSR count). The van der Waals surface area contributed by atoms with Crippen molar-refractivity contribution < 1.29 is 24.0 Å². The summed E-state index contributed by atoms with van der Waals surface area (Å²) in [4.78, 5) is 33.7. The first-order chi connectivity index (χ1) is 18.6. The first kappa shape index (κ1) is 24.5. The number of carbonyl (C=O) groups excluding carboxylic acids is 2. The molecule has 0 saturated carbocycles. The van der Waals surface area contributed by atoms with Gasteiger partial charge in [0.15, 0.2) is 5.78 Å². The number of hydrogen-bond acceptors (Lipinski definition) is 8. The van der Waals surface area contributed by atoms with E-state index in [2.05, 4.69) is 21.1 Å². The highest BCUT2D eigenvalue weighted by atomic mass is 16.5. The van der Waals surface area contributed by atoms with Gasteiger partial charge in [-0.2, -0.15) is 0 Å². The summed E-state index contributed by atoms with van der Waals surface area (Å²) < 4.78 is 11.9. The maximum Gasteiger partial charge on any atom is 0.236 e. The number of piperidine rings is 1. The van der Waals surface area contributed by atoms with Crippen molar-refractivity contribution >= 4 is 17.4 Å². The maximum atomic E-state index is 13.1. The van der Waals surface area contributed by atoms with Crippen LogP contribution in [0.2, 0.25) is 0 Å². The topological polar surface area (TPSA) is 108 Å². The number of Topliss-reactive ketones (excluding diaryl/α,β-unsaturated/α-hetero) is 1. The zero-order chi connectivity index (χ0) is 26.1. The van der Waals surface area contributed by atoms with Gasteiger partial charge in [-0.05, 0) is 42.7 Å². The van der Waals surface area contributed by atoms with Crippen LogP contribution in [0, 0.1) is 0 Å². The van der Waals surface area contributed by atoms with Gasteiger partial charge in [-0.25, -0.2) is 0 Å². The molecule has 38 heavy (non-hydrogen) atoms. The van der Waals surface area contributed by atoms with Crippen LogP contribution in [0.3, 0.4) is 0 Å². The summed E-state index contributed by atoms with van der Waals surface area (Å²) in [6.07, 6.45) is 5.40. The Labute approximate surface area is 220 Å². The van der Waals surface area contributed by atoms with Crippen molar-refractivity contribution in [3.63, 3.8) is 0 Å². The zero-order valence-electron chi connectivity index (χ0n) is 21.1. The lowest BCUT2D eigenvalue weighted by Gasteiger charge is -2.34. The summed E-state index contributed by atoms with van der Waals surface area (Å²) in [5.74, 6) is 1.73. The molecule has 9 heteroatoms. The molecular formula is C29H30N4O5. The molecule has 2 fully saturated rings. The molecule has 0 bridgehead atoms. The Bertz CT molecular complexity index is 1380. The SMILES string of the molecule is O=C1CC(=NO)c2cc(-c3cc(C4CCCN(C(=O)CN5CCOCC5)C4)oc3-c3ccncc3)ccc21. The van der Waals surface area contributed by atoms with Crippen LogP contribution >= 0.6 is 0 Å². The van der Waals surface area contributed by atoms with E-state index < -0.39 is 0 Å². The Morgan fingerprint density at radius 2 is 1.84 bits per heavy atom. The maximum absolute atomic E-state index is 13.1. The number of furan rings is 1. The van der Waals surface area contributed by atoms with Gasteiger partial charge in [0.2, 0.25) is 5.91 Å². The third-order valence-corrected chi connectivity index (χ3v) is 7.72. The summed E-state index contributed by atoms with van der Waals surface area (Å²) in [5.41, 5.74) is 4.25. The number of carbonyl (C=O) groups is 2. The number of morpholine rings is 1. The fraction of sp³-hybridized carbons (Fsp3) is 0.379. The van der Waals surface area contributed by atoms with Crippen molar-refractivity contribution in [3.05, 3.63) is 65.7 Å². The van der Waals surface area contributed by atoms with E-state index in [1.54, 1.807) is 18.5 Å². The molecule has 2 aliphatic heterocycles. The number of aromatic nitrogens is 1. The second-order valence-corrected chi connectivity index (χ2v) is 10.1. The Morgan fingerprint density at radius 3 is 2.63 bits per heavy atom. The van der Waals surface area contributed by atoms with Crippen LogP contribution in [0.5, 0.6) is 0 Å². The predicted molar refractivity (Wildman–Crippen MR) is 140 cm³/mol. The standard InChI is InChI=1S/C29H30N4O5/c34-26-16-25(31-36)24-14-20(3-4-22(24)26)23-15-27(38-29(23)19-5-7-30-8-6-19)21-2-1-9-33(17-21)28(35)18-32-10-12-37-13-11-32/h3-8,14-15,21,36H,1-2,9-13,16-18H2. The molecule has 3 aliphatic rings. The zero-order valence-corrected chi connectivity index (χ0v) is 21.1. The molecule has 2 aromatic heterocycles. The van der Waals surface area contributed by atoms with E-state index in [-0.39, 0.29) is 24.0 Å².